The molecule has 0 aliphatic heterocycles. The molecule has 1 aliphatic carbocycles. The highest BCUT2D eigenvalue weighted by Gasteiger charge is 2.27. The van der Waals surface area contributed by atoms with Crippen LogP contribution in [0.1, 0.15) is 36.0 Å². The molecule has 0 spiro atoms. The zero-order valence-corrected chi connectivity index (χ0v) is 17.5. The van der Waals surface area contributed by atoms with Crippen molar-refractivity contribution in [1.82, 2.24) is 19.9 Å². The highest BCUT2D eigenvalue weighted by Crippen LogP contribution is 2.33. The molecule has 1 aliphatic rings. The number of nitrogens with one attached hydrogen (secondary N) is 1. The van der Waals surface area contributed by atoms with E-state index in [0.29, 0.717) is 43.5 Å². The van der Waals surface area contributed by atoms with E-state index in [9.17, 15) is 4.79 Å². The van der Waals surface area contributed by atoms with Crippen LogP contribution < -0.4 is 11.1 Å². The first-order valence-corrected chi connectivity index (χ1v) is 10.6. The third-order valence-corrected chi connectivity index (χ3v) is 5.96. The zero-order chi connectivity index (χ0) is 20.8. The van der Waals surface area contributed by atoms with E-state index in [1.807, 2.05) is 24.3 Å². The maximum absolute atomic E-state index is 13.2. The second kappa shape index (κ2) is 7.45. The van der Waals surface area contributed by atoms with Crippen LogP contribution in [0.5, 0.6) is 0 Å². The Morgan fingerprint density at radius 3 is 2.33 bits per heavy atom. The van der Waals surface area contributed by atoms with E-state index >= 15 is 0 Å². The molecular weight excluding hydrogens is 421 g/mol. The zero-order valence-electron chi connectivity index (χ0n) is 16.0. The molecule has 2 aromatic carbocycles. The Labute approximate surface area is 183 Å². The van der Waals surface area contributed by atoms with Crippen LogP contribution in [0.2, 0.25) is 10.0 Å². The lowest BCUT2D eigenvalue weighted by atomic mass is 10.2. The first-order valence-electron chi connectivity index (χ1n) is 9.85. The van der Waals surface area contributed by atoms with E-state index in [2.05, 4.69) is 5.32 Å². The third kappa shape index (κ3) is 3.26. The summed E-state index contributed by atoms with van der Waals surface area (Å²) in [6.45, 7) is 0. The van der Waals surface area contributed by atoms with Crippen molar-refractivity contribution in [3.63, 3.8) is 0 Å². The summed E-state index contributed by atoms with van der Waals surface area (Å²) in [6.07, 6.45) is 4.19. The number of fused-ring (bicyclic) bond motifs is 2. The number of para-hydroxylation sites is 2. The second-order valence-corrected chi connectivity index (χ2v) is 8.44. The maximum atomic E-state index is 13.2. The molecule has 1 saturated carbocycles. The summed E-state index contributed by atoms with van der Waals surface area (Å²) in [4.78, 5) is 22.7. The van der Waals surface area contributed by atoms with Gasteiger partial charge in [-0.2, -0.15) is 0 Å². The lowest BCUT2D eigenvalue weighted by molar-refractivity contribution is 0.0940. The maximum Gasteiger partial charge on any atom is 0.257 e. The lowest BCUT2D eigenvalue weighted by Crippen LogP contribution is -2.33. The number of nitrogens with zero attached hydrogens (tertiary/aromatic N) is 3. The molecule has 30 heavy (non-hydrogen) atoms. The van der Waals surface area contributed by atoms with Crippen LogP contribution >= 0.6 is 23.2 Å². The van der Waals surface area contributed by atoms with E-state index in [4.69, 9.17) is 38.9 Å². The van der Waals surface area contributed by atoms with Crippen molar-refractivity contribution in [3.8, 4) is 5.69 Å². The lowest BCUT2D eigenvalue weighted by Gasteiger charge is -2.12. The number of aromatic nitrogens is 3. The summed E-state index contributed by atoms with van der Waals surface area (Å²) < 4.78 is 1.69. The number of nitrogen functional groups attached to an aromatic ring is 1. The minimum atomic E-state index is -0.235. The summed E-state index contributed by atoms with van der Waals surface area (Å²) in [5.41, 5.74) is 9.82. The number of nitrogens with two attached hydrogens (primary N) is 1. The van der Waals surface area contributed by atoms with Crippen LogP contribution in [0.4, 0.5) is 5.82 Å². The standard InChI is InChI=1S/C22H19Cl2N5O/c23-12-9-13(24)11-15(10-12)29-20(25)18(22(30)26-14-5-1-2-6-14)19-21(29)28-17-8-4-3-7-16(17)27-19/h3-4,7-11,14H,1-2,5-6,25H2,(H,26,30). The Morgan fingerprint density at radius 1 is 1.03 bits per heavy atom. The Kier molecular flexibility index (Phi) is 4.76. The van der Waals surface area contributed by atoms with Gasteiger partial charge in [0, 0.05) is 16.1 Å². The molecule has 6 nitrogen and oxygen atoms in total. The van der Waals surface area contributed by atoms with Crippen LogP contribution in [0.15, 0.2) is 42.5 Å². The van der Waals surface area contributed by atoms with Gasteiger partial charge in [-0.15, -0.1) is 0 Å². The van der Waals surface area contributed by atoms with Gasteiger partial charge in [0.05, 0.1) is 16.7 Å². The monoisotopic (exact) mass is 439 g/mol. The number of carbonyl (C=O) groups excluding carboxylic acids is 1. The van der Waals surface area contributed by atoms with Gasteiger partial charge in [0.15, 0.2) is 5.65 Å². The van der Waals surface area contributed by atoms with E-state index in [-0.39, 0.29) is 17.8 Å². The molecular formula is C22H19Cl2N5O. The number of carbonyl (C=O) groups is 1. The average Bonchev–Trinajstić information content (AvgIpc) is 3.30. The van der Waals surface area contributed by atoms with Gasteiger partial charge >= 0.3 is 0 Å². The van der Waals surface area contributed by atoms with Gasteiger partial charge in [0.1, 0.15) is 16.9 Å². The first kappa shape index (κ1) is 19.2. The second-order valence-electron chi connectivity index (χ2n) is 7.56. The number of rotatable bonds is 3. The normalized spacial score (nSPS) is 14.6. The highest BCUT2D eigenvalue weighted by molar-refractivity contribution is 6.35. The van der Waals surface area contributed by atoms with Gasteiger partial charge in [0.25, 0.3) is 5.91 Å². The van der Waals surface area contributed by atoms with E-state index < -0.39 is 0 Å². The van der Waals surface area contributed by atoms with Gasteiger partial charge in [-0.1, -0.05) is 48.2 Å². The fourth-order valence-corrected chi connectivity index (χ4v) is 4.66. The van der Waals surface area contributed by atoms with Crippen molar-refractivity contribution in [2.24, 2.45) is 0 Å². The van der Waals surface area contributed by atoms with Crippen molar-refractivity contribution in [2.45, 2.75) is 31.7 Å². The summed E-state index contributed by atoms with van der Waals surface area (Å²) in [5.74, 6) is 0.0231. The average molecular weight is 440 g/mol. The number of halogens is 2. The quantitative estimate of drug-likeness (QED) is 0.462. The molecule has 2 heterocycles. The Morgan fingerprint density at radius 2 is 1.67 bits per heavy atom. The highest BCUT2D eigenvalue weighted by atomic mass is 35.5. The van der Waals surface area contributed by atoms with Gasteiger partial charge < -0.3 is 11.1 Å². The predicted molar refractivity (Wildman–Crippen MR) is 121 cm³/mol. The number of hydrogen-bond donors (Lipinski definition) is 2. The van der Waals surface area contributed by atoms with Crippen LogP contribution in [-0.2, 0) is 0 Å². The summed E-state index contributed by atoms with van der Waals surface area (Å²) in [6, 6.07) is 12.8. The SMILES string of the molecule is Nc1c(C(=O)NC2CCCC2)c2nc3ccccc3nc2n1-c1cc(Cl)cc(Cl)c1. The summed E-state index contributed by atoms with van der Waals surface area (Å²) in [7, 11) is 0. The van der Waals surface area contributed by atoms with Crippen molar-refractivity contribution in [3.05, 3.63) is 58.1 Å². The van der Waals surface area contributed by atoms with Crippen molar-refractivity contribution < 1.29 is 4.79 Å². The number of amides is 1. The molecule has 0 unspecified atom stereocenters. The molecule has 0 atom stereocenters. The molecule has 1 amide bonds. The molecule has 0 radical (unpaired) electrons. The van der Waals surface area contributed by atoms with Crippen molar-refractivity contribution in [1.29, 1.82) is 0 Å². The molecule has 4 aromatic rings. The van der Waals surface area contributed by atoms with E-state index in [1.165, 1.54) is 0 Å². The molecule has 152 valence electrons. The van der Waals surface area contributed by atoms with Crippen LogP contribution in [-0.4, -0.2) is 26.5 Å². The Balaban J connectivity index is 1.77. The summed E-state index contributed by atoms with van der Waals surface area (Å²) in [5, 5.41) is 4.04. The smallest absolute Gasteiger partial charge is 0.257 e. The molecule has 3 N–H and O–H groups in total. The Bertz CT molecular complexity index is 1270. The molecule has 5 rings (SSSR count). The van der Waals surface area contributed by atoms with E-state index in [0.717, 1.165) is 25.7 Å². The van der Waals surface area contributed by atoms with Crippen molar-refractivity contribution >= 4 is 57.1 Å². The molecule has 1 fully saturated rings. The Hall–Kier alpha value is -2.83. The van der Waals surface area contributed by atoms with Crippen LogP contribution in [0.3, 0.4) is 0 Å². The van der Waals surface area contributed by atoms with Gasteiger partial charge in [-0.25, -0.2) is 9.97 Å². The van der Waals surface area contributed by atoms with E-state index in [1.54, 1.807) is 22.8 Å². The molecule has 0 saturated heterocycles. The van der Waals surface area contributed by atoms with Gasteiger partial charge in [-0.3, -0.25) is 9.36 Å². The minimum Gasteiger partial charge on any atom is -0.384 e. The van der Waals surface area contributed by atoms with Crippen LogP contribution in [0, 0.1) is 0 Å². The number of hydrogen-bond acceptors (Lipinski definition) is 4. The molecule has 2 aromatic heterocycles. The fourth-order valence-electron chi connectivity index (χ4n) is 4.14. The fraction of sp³-hybridized carbons (Fsp3) is 0.227. The largest absolute Gasteiger partial charge is 0.384 e. The molecule has 0 bridgehead atoms. The van der Waals surface area contributed by atoms with Crippen LogP contribution in [0.25, 0.3) is 27.9 Å². The van der Waals surface area contributed by atoms with Crippen molar-refractivity contribution in [2.75, 3.05) is 5.73 Å². The molecule has 8 heteroatoms. The van der Waals surface area contributed by atoms with Gasteiger partial charge in [-0.05, 0) is 43.2 Å². The first-order chi connectivity index (χ1) is 14.5. The van der Waals surface area contributed by atoms with Gasteiger partial charge in [0.2, 0.25) is 0 Å². The predicted octanol–water partition coefficient (Wildman–Crippen LogP) is 5.14. The third-order valence-electron chi connectivity index (χ3n) is 5.52. The minimum absolute atomic E-state index is 0.157. The number of anilines is 1. The summed E-state index contributed by atoms with van der Waals surface area (Å²) >= 11 is 12.5. The number of benzene rings is 2. The topological polar surface area (TPSA) is 85.8 Å².